The highest BCUT2D eigenvalue weighted by molar-refractivity contribution is 5.95. The van der Waals surface area contributed by atoms with Gasteiger partial charge in [0.25, 0.3) is 5.91 Å². The zero-order valence-corrected chi connectivity index (χ0v) is 14.9. The normalized spacial score (nSPS) is 13.0. The molecule has 0 unspecified atom stereocenters. The maximum absolute atomic E-state index is 13.6. The number of anilines is 1. The number of nitrogens with one attached hydrogen (secondary N) is 1. The molecular formula is C22H17F2N3O. The maximum Gasteiger partial charge on any atom is 0.271 e. The summed E-state index contributed by atoms with van der Waals surface area (Å²) < 4.78 is 26.7. The van der Waals surface area contributed by atoms with Gasteiger partial charge in [0, 0.05) is 29.9 Å². The Kier molecular flexibility index (Phi) is 4.85. The van der Waals surface area contributed by atoms with Gasteiger partial charge in [0.15, 0.2) is 0 Å². The van der Waals surface area contributed by atoms with Crippen molar-refractivity contribution in [3.63, 3.8) is 0 Å². The number of carbonyl (C=O) groups excluding carboxylic acids is 1. The molecule has 0 saturated heterocycles. The summed E-state index contributed by atoms with van der Waals surface area (Å²) in [6.45, 7) is 1.34. The summed E-state index contributed by atoms with van der Waals surface area (Å²) in [6.07, 6.45) is 1.27. The third-order valence-electron chi connectivity index (χ3n) is 4.66. The Morgan fingerprint density at radius 1 is 0.964 bits per heavy atom. The van der Waals surface area contributed by atoms with E-state index in [2.05, 4.69) is 15.4 Å². The topological polar surface area (TPSA) is 44.7 Å². The molecule has 28 heavy (non-hydrogen) atoms. The third-order valence-corrected chi connectivity index (χ3v) is 4.66. The molecule has 0 saturated carbocycles. The van der Waals surface area contributed by atoms with Gasteiger partial charge < -0.3 is 4.90 Å². The minimum atomic E-state index is -0.404. The first kappa shape index (κ1) is 17.9. The van der Waals surface area contributed by atoms with Gasteiger partial charge in [-0.1, -0.05) is 24.3 Å². The lowest BCUT2D eigenvalue weighted by atomic mass is 10.1. The lowest BCUT2D eigenvalue weighted by Gasteiger charge is -2.17. The van der Waals surface area contributed by atoms with Gasteiger partial charge in [0.05, 0.1) is 6.21 Å². The quantitative estimate of drug-likeness (QED) is 0.546. The molecule has 4 nitrogen and oxygen atoms in total. The molecule has 3 aromatic carbocycles. The lowest BCUT2D eigenvalue weighted by molar-refractivity contribution is 0.0955. The Hall–Kier alpha value is -3.54. The lowest BCUT2D eigenvalue weighted by Crippen LogP contribution is -2.18. The van der Waals surface area contributed by atoms with Crippen LogP contribution in [0.15, 0.2) is 71.8 Å². The minimum Gasteiger partial charge on any atom is -0.363 e. The van der Waals surface area contributed by atoms with Crippen LogP contribution in [0.5, 0.6) is 0 Å². The zero-order chi connectivity index (χ0) is 19.5. The number of fused-ring (bicyclic) bond motifs is 1. The molecule has 1 aliphatic rings. The summed E-state index contributed by atoms with van der Waals surface area (Å²) in [5.74, 6) is -1.04. The Labute approximate surface area is 161 Å². The molecular weight excluding hydrogens is 360 g/mol. The standard InChI is InChI=1S/C22H17F2N3O/c23-19-7-9-20(10-8-19)27-13-17-6-5-15(11-18(17)14-27)22(28)26-25-12-16-3-1-2-4-21(16)24/h1-12H,13-14H2,(H,26,28)/b25-12+. The van der Waals surface area contributed by atoms with Crippen LogP contribution in [0, 0.1) is 11.6 Å². The van der Waals surface area contributed by atoms with Crippen LogP contribution in [-0.2, 0) is 13.1 Å². The molecule has 0 aromatic heterocycles. The fourth-order valence-electron chi connectivity index (χ4n) is 3.18. The fraction of sp³-hybridized carbons (Fsp3) is 0.0909. The molecule has 4 rings (SSSR count). The molecule has 140 valence electrons. The molecule has 1 heterocycles. The van der Waals surface area contributed by atoms with Gasteiger partial charge in [-0.15, -0.1) is 0 Å². The zero-order valence-electron chi connectivity index (χ0n) is 14.9. The summed E-state index contributed by atoms with van der Waals surface area (Å²) in [4.78, 5) is 14.4. The van der Waals surface area contributed by atoms with E-state index in [9.17, 15) is 13.6 Å². The Balaban J connectivity index is 1.44. The van der Waals surface area contributed by atoms with E-state index < -0.39 is 5.82 Å². The summed E-state index contributed by atoms with van der Waals surface area (Å²) in [7, 11) is 0. The van der Waals surface area contributed by atoms with Crippen molar-refractivity contribution in [3.05, 3.63) is 101 Å². The molecule has 0 radical (unpaired) electrons. The van der Waals surface area contributed by atoms with Crippen molar-refractivity contribution in [2.75, 3.05) is 4.90 Å². The van der Waals surface area contributed by atoms with Gasteiger partial charge in [-0.3, -0.25) is 4.79 Å². The van der Waals surface area contributed by atoms with E-state index in [1.807, 2.05) is 12.1 Å². The molecule has 1 N–H and O–H groups in total. The highest BCUT2D eigenvalue weighted by Crippen LogP contribution is 2.29. The Morgan fingerprint density at radius 3 is 2.50 bits per heavy atom. The molecule has 0 fully saturated rings. The second-order valence-electron chi connectivity index (χ2n) is 6.54. The third kappa shape index (κ3) is 3.76. The van der Waals surface area contributed by atoms with Crippen LogP contribution in [-0.4, -0.2) is 12.1 Å². The van der Waals surface area contributed by atoms with Crippen LogP contribution >= 0.6 is 0 Å². The fourth-order valence-corrected chi connectivity index (χ4v) is 3.18. The first-order valence-electron chi connectivity index (χ1n) is 8.80. The van der Waals surface area contributed by atoms with Crippen molar-refractivity contribution >= 4 is 17.8 Å². The smallest absolute Gasteiger partial charge is 0.271 e. The van der Waals surface area contributed by atoms with Gasteiger partial charge in [-0.05, 0) is 53.6 Å². The second kappa shape index (κ2) is 7.60. The number of amides is 1. The van der Waals surface area contributed by atoms with Crippen molar-refractivity contribution in [1.29, 1.82) is 0 Å². The van der Waals surface area contributed by atoms with Crippen molar-refractivity contribution in [2.24, 2.45) is 5.10 Å². The first-order valence-corrected chi connectivity index (χ1v) is 8.80. The number of rotatable bonds is 4. The van der Waals surface area contributed by atoms with Crippen molar-refractivity contribution in [1.82, 2.24) is 5.43 Å². The minimum absolute atomic E-state index is 0.268. The average Bonchev–Trinajstić information content (AvgIpc) is 3.13. The highest BCUT2D eigenvalue weighted by atomic mass is 19.1. The van der Waals surface area contributed by atoms with Gasteiger partial charge in [-0.25, -0.2) is 14.2 Å². The van der Waals surface area contributed by atoms with Crippen molar-refractivity contribution in [2.45, 2.75) is 13.1 Å². The Bertz CT molecular complexity index is 1050. The van der Waals surface area contributed by atoms with Crippen LogP contribution in [0.25, 0.3) is 0 Å². The van der Waals surface area contributed by atoms with Crippen LogP contribution in [0.3, 0.4) is 0 Å². The monoisotopic (exact) mass is 377 g/mol. The van der Waals surface area contributed by atoms with Gasteiger partial charge >= 0.3 is 0 Å². The molecule has 1 amide bonds. The largest absolute Gasteiger partial charge is 0.363 e. The SMILES string of the molecule is O=C(N/N=C/c1ccccc1F)c1ccc2c(c1)CN(c1ccc(F)cc1)C2. The predicted molar refractivity (Wildman–Crippen MR) is 104 cm³/mol. The van der Waals surface area contributed by atoms with Crippen LogP contribution in [0.1, 0.15) is 27.0 Å². The second-order valence-corrected chi connectivity index (χ2v) is 6.54. The van der Waals surface area contributed by atoms with Crippen molar-refractivity contribution in [3.8, 4) is 0 Å². The first-order chi connectivity index (χ1) is 13.6. The number of halogens is 2. The number of benzene rings is 3. The average molecular weight is 377 g/mol. The van der Waals surface area contributed by atoms with Crippen molar-refractivity contribution < 1.29 is 13.6 Å². The van der Waals surface area contributed by atoms with Gasteiger partial charge in [0.2, 0.25) is 0 Å². The van der Waals surface area contributed by atoms with Crippen LogP contribution in [0.4, 0.5) is 14.5 Å². The number of hydrogen-bond acceptors (Lipinski definition) is 3. The highest BCUT2D eigenvalue weighted by Gasteiger charge is 2.20. The number of hydrazone groups is 1. The molecule has 6 heteroatoms. The van der Waals surface area contributed by atoms with Crippen LogP contribution in [0.2, 0.25) is 0 Å². The molecule has 1 aliphatic heterocycles. The molecule has 0 atom stereocenters. The maximum atomic E-state index is 13.6. The molecule has 3 aromatic rings. The number of carbonyl (C=O) groups is 1. The van der Waals surface area contributed by atoms with E-state index in [0.29, 0.717) is 24.2 Å². The molecule has 0 spiro atoms. The Morgan fingerprint density at radius 2 is 1.71 bits per heavy atom. The molecule has 0 bridgehead atoms. The molecule has 0 aliphatic carbocycles. The van der Waals surface area contributed by atoms with Crippen LogP contribution < -0.4 is 10.3 Å². The summed E-state index contributed by atoms with van der Waals surface area (Å²) in [5.41, 5.74) is 6.29. The van der Waals surface area contributed by atoms with E-state index in [-0.39, 0.29) is 11.7 Å². The van der Waals surface area contributed by atoms with E-state index >= 15 is 0 Å². The summed E-state index contributed by atoms with van der Waals surface area (Å²) in [6, 6.07) is 18.0. The summed E-state index contributed by atoms with van der Waals surface area (Å²) >= 11 is 0. The number of hydrogen-bond donors (Lipinski definition) is 1. The van der Waals surface area contributed by atoms with E-state index in [4.69, 9.17) is 0 Å². The van der Waals surface area contributed by atoms with Gasteiger partial charge in [0.1, 0.15) is 11.6 Å². The van der Waals surface area contributed by atoms with E-state index in [0.717, 1.165) is 16.8 Å². The van der Waals surface area contributed by atoms with E-state index in [1.165, 1.54) is 24.4 Å². The predicted octanol–water partition coefficient (Wildman–Crippen LogP) is 4.25. The summed E-state index contributed by atoms with van der Waals surface area (Å²) in [5, 5.41) is 3.83. The van der Waals surface area contributed by atoms with Gasteiger partial charge in [-0.2, -0.15) is 5.10 Å². The number of nitrogens with zero attached hydrogens (tertiary/aromatic N) is 2. The van der Waals surface area contributed by atoms with E-state index in [1.54, 1.807) is 36.4 Å².